The van der Waals surface area contributed by atoms with Crippen molar-refractivity contribution in [3.05, 3.63) is 23.9 Å². The molecule has 0 radical (unpaired) electrons. The molecule has 1 aromatic rings. The van der Waals surface area contributed by atoms with Crippen LogP contribution in [-0.2, 0) is 16.1 Å². The number of amides is 2. The topological polar surface area (TPSA) is 83.6 Å². The van der Waals surface area contributed by atoms with Crippen LogP contribution in [0.4, 0.5) is 10.6 Å². The standard InChI is InChI=1S/C21H34N4O3/c1-16-9-12-25(13-10-16)18-8-7-17(14-23-18)15-24-19(26)6-5-11-22-20(27)28-21(2,3)4/h7-8,14,16H,5-6,9-13,15H2,1-4H3,(H,22,27)(H,24,26). The fourth-order valence-corrected chi connectivity index (χ4v) is 2.99. The maximum absolute atomic E-state index is 12.0. The van der Waals surface area contributed by atoms with Crippen molar-refractivity contribution in [3.63, 3.8) is 0 Å². The van der Waals surface area contributed by atoms with E-state index in [0.717, 1.165) is 30.4 Å². The van der Waals surface area contributed by atoms with Gasteiger partial charge in [-0.05, 0) is 57.6 Å². The van der Waals surface area contributed by atoms with E-state index in [1.807, 2.05) is 39.1 Å². The van der Waals surface area contributed by atoms with Gasteiger partial charge in [0.1, 0.15) is 11.4 Å². The smallest absolute Gasteiger partial charge is 0.407 e. The van der Waals surface area contributed by atoms with Gasteiger partial charge in [0.15, 0.2) is 0 Å². The zero-order valence-corrected chi connectivity index (χ0v) is 17.6. The Morgan fingerprint density at radius 3 is 2.54 bits per heavy atom. The van der Waals surface area contributed by atoms with Crippen LogP contribution in [0.2, 0.25) is 0 Å². The summed E-state index contributed by atoms with van der Waals surface area (Å²) in [5, 5.41) is 5.55. The number of pyridine rings is 1. The molecule has 0 spiro atoms. The number of nitrogens with one attached hydrogen (secondary N) is 2. The SMILES string of the molecule is CC1CCN(c2ccc(CNC(=O)CCCNC(=O)OC(C)(C)C)cn2)CC1. The molecule has 2 N–H and O–H groups in total. The Bertz CT molecular complexity index is 632. The second kappa shape index (κ2) is 10.3. The summed E-state index contributed by atoms with van der Waals surface area (Å²) in [5.41, 5.74) is 0.464. The van der Waals surface area contributed by atoms with Gasteiger partial charge in [-0.15, -0.1) is 0 Å². The molecule has 1 fully saturated rings. The number of hydrogen-bond donors (Lipinski definition) is 2. The number of anilines is 1. The Morgan fingerprint density at radius 1 is 1.21 bits per heavy atom. The molecule has 2 heterocycles. The monoisotopic (exact) mass is 390 g/mol. The molecule has 156 valence electrons. The van der Waals surface area contributed by atoms with Gasteiger partial charge in [-0.3, -0.25) is 4.79 Å². The van der Waals surface area contributed by atoms with E-state index in [1.165, 1.54) is 12.8 Å². The first-order valence-electron chi connectivity index (χ1n) is 10.2. The lowest BCUT2D eigenvalue weighted by atomic mass is 9.99. The summed E-state index contributed by atoms with van der Waals surface area (Å²) >= 11 is 0. The van der Waals surface area contributed by atoms with E-state index in [1.54, 1.807) is 0 Å². The van der Waals surface area contributed by atoms with Crippen LogP contribution >= 0.6 is 0 Å². The molecule has 0 saturated carbocycles. The summed E-state index contributed by atoms with van der Waals surface area (Å²) in [6.07, 6.45) is 4.72. The molecule has 7 heteroatoms. The van der Waals surface area contributed by atoms with Gasteiger partial charge in [0, 0.05) is 38.8 Å². The number of ether oxygens (including phenoxy) is 1. The highest BCUT2D eigenvalue weighted by molar-refractivity contribution is 5.76. The minimum atomic E-state index is -0.516. The van der Waals surface area contributed by atoms with Crippen LogP contribution in [0.5, 0.6) is 0 Å². The fraction of sp³-hybridized carbons (Fsp3) is 0.667. The normalized spacial score (nSPS) is 15.2. The number of carbonyl (C=O) groups is 2. The Hall–Kier alpha value is -2.31. The highest BCUT2D eigenvalue weighted by Crippen LogP contribution is 2.21. The second-order valence-electron chi connectivity index (χ2n) is 8.50. The van der Waals surface area contributed by atoms with Gasteiger partial charge in [0.2, 0.25) is 5.91 Å². The van der Waals surface area contributed by atoms with E-state index >= 15 is 0 Å². The summed E-state index contributed by atoms with van der Waals surface area (Å²) < 4.78 is 5.15. The molecule has 1 saturated heterocycles. The first-order chi connectivity index (χ1) is 13.2. The second-order valence-corrected chi connectivity index (χ2v) is 8.50. The quantitative estimate of drug-likeness (QED) is 0.699. The van der Waals surface area contributed by atoms with Crippen LogP contribution < -0.4 is 15.5 Å². The lowest BCUT2D eigenvalue weighted by Gasteiger charge is -2.31. The zero-order valence-electron chi connectivity index (χ0n) is 17.6. The van der Waals surface area contributed by atoms with Gasteiger partial charge in [-0.1, -0.05) is 13.0 Å². The predicted molar refractivity (Wildman–Crippen MR) is 110 cm³/mol. The van der Waals surface area contributed by atoms with E-state index in [9.17, 15) is 9.59 Å². The van der Waals surface area contributed by atoms with Crippen molar-refractivity contribution < 1.29 is 14.3 Å². The first-order valence-corrected chi connectivity index (χ1v) is 10.2. The number of piperidine rings is 1. The molecular weight excluding hydrogens is 356 g/mol. The summed E-state index contributed by atoms with van der Waals surface area (Å²) in [6, 6.07) is 4.05. The molecule has 1 aromatic heterocycles. The largest absolute Gasteiger partial charge is 0.444 e. The lowest BCUT2D eigenvalue weighted by molar-refractivity contribution is -0.121. The number of alkyl carbamates (subject to hydrolysis) is 1. The minimum Gasteiger partial charge on any atom is -0.444 e. The van der Waals surface area contributed by atoms with Crippen LogP contribution in [0.25, 0.3) is 0 Å². The summed E-state index contributed by atoms with van der Waals surface area (Å²) in [6.45, 7) is 10.7. The van der Waals surface area contributed by atoms with E-state index in [-0.39, 0.29) is 5.91 Å². The van der Waals surface area contributed by atoms with Gasteiger partial charge < -0.3 is 20.3 Å². The molecule has 28 heavy (non-hydrogen) atoms. The van der Waals surface area contributed by atoms with E-state index < -0.39 is 11.7 Å². The number of hydrogen-bond acceptors (Lipinski definition) is 5. The van der Waals surface area contributed by atoms with E-state index in [0.29, 0.717) is 25.9 Å². The van der Waals surface area contributed by atoms with Crippen molar-refractivity contribution in [1.29, 1.82) is 0 Å². The minimum absolute atomic E-state index is 0.0416. The predicted octanol–water partition coefficient (Wildman–Crippen LogP) is 3.24. The van der Waals surface area contributed by atoms with Gasteiger partial charge in [-0.2, -0.15) is 0 Å². The highest BCUT2D eigenvalue weighted by Gasteiger charge is 2.17. The third-order valence-electron chi connectivity index (χ3n) is 4.66. The molecule has 2 amide bonds. The number of rotatable bonds is 7. The molecule has 0 atom stereocenters. The van der Waals surface area contributed by atoms with Crippen LogP contribution in [0.3, 0.4) is 0 Å². The fourth-order valence-electron chi connectivity index (χ4n) is 2.99. The zero-order chi connectivity index (χ0) is 20.6. The van der Waals surface area contributed by atoms with Crippen molar-refractivity contribution in [2.45, 2.75) is 65.5 Å². The van der Waals surface area contributed by atoms with Gasteiger partial charge in [0.25, 0.3) is 0 Å². The number of aromatic nitrogens is 1. The van der Waals surface area contributed by atoms with Crippen molar-refractivity contribution in [3.8, 4) is 0 Å². The Balaban J connectivity index is 1.62. The van der Waals surface area contributed by atoms with Crippen LogP contribution in [0.15, 0.2) is 18.3 Å². The Morgan fingerprint density at radius 2 is 1.93 bits per heavy atom. The van der Waals surface area contributed by atoms with Crippen LogP contribution in [0.1, 0.15) is 58.9 Å². The van der Waals surface area contributed by atoms with Crippen molar-refractivity contribution in [2.75, 3.05) is 24.5 Å². The van der Waals surface area contributed by atoms with Crippen molar-refractivity contribution >= 4 is 17.8 Å². The van der Waals surface area contributed by atoms with Gasteiger partial charge in [-0.25, -0.2) is 9.78 Å². The number of nitrogens with zero attached hydrogens (tertiary/aromatic N) is 2. The molecule has 1 aliphatic rings. The van der Waals surface area contributed by atoms with Crippen molar-refractivity contribution in [2.24, 2.45) is 5.92 Å². The Kier molecular flexibility index (Phi) is 8.08. The summed E-state index contributed by atoms with van der Waals surface area (Å²) in [4.78, 5) is 30.3. The third kappa shape index (κ3) is 8.15. The maximum Gasteiger partial charge on any atom is 0.407 e. The average Bonchev–Trinajstić information content (AvgIpc) is 2.63. The molecule has 2 rings (SSSR count). The van der Waals surface area contributed by atoms with E-state index in [4.69, 9.17) is 4.74 Å². The summed E-state index contributed by atoms with van der Waals surface area (Å²) in [5.74, 6) is 1.76. The molecule has 0 aromatic carbocycles. The molecule has 0 unspecified atom stereocenters. The maximum atomic E-state index is 12.0. The van der Waals surface area contributed by atoms with E-state index in [2.05, 4.69) is 27.4 Å². The number of carbonyl (C=O) groups excluding carboxylic acids is 2. The first kappa shape index (κ1) is 22.0. The van der Waals surface area contributed by atoms with Crippen LogP contribution in [-0.4, -0.2) is 42.2 Å². The molecular formula is C21H34N4O3. The molecule has 0 bridgehead atoms. The Labute approximate surface area is 168 Å². The molecule has 1 aliphatic heterocycles. The highest BCUT2D eigenvalue weighted by atomic mass is 16.6. The third-order valence-corrected chi connectivity index (χ3v) is 4.66. The average molecular weight is 391 g/mol. The van der Waals surface area contributed by atoms with Gasteiger partial charge in [0.05, 0.1) is 0 Å². The van der Waals surface area contributed by atoms with Crippen molar-refractivity contribution in [1.82, 2.24) is 15.6 Å². The summed E-state index contributed by atoms with van der Waals surface area (Å²) in [7, 11) is 0. The lowest BCUT2D eigenvalue weighted by Crippen LogP contribution is -2.33. The molecule has 0 aliphatic carbocycles. The van der Waals surface area contributed by atoms with Crippen LogP contribution in [0, 0.1) is 5.92 Å². The molecule has 7 nitrogen and oxygen atoms in total. The van der Waals surface area contributed by atoms with Gasteiger partial charge >= 0.3 is 6.09 Å².